The van der Waals surface area contributed by atoms with Crippen molar-refractivity contribution in [2.75, 3.05) is 20.3 Å². The van der Waals surface area contributed by atoms with Crippen molar-refractivity contribution in [3.63, 3.8) is 0 Å². The molecule has 0 radical (unpaired) electrons. The second-order valence-corrected chi connectivity index (χ2v) is 7.65. The molecule has 0 atom stereocenters. The molecule has 0 aliphatic carbocycles. The summed E-state index contributed by atoms with van der Waals surface area (Å²) >= 11 is 1.23. The van der Waals surface area contributed by atoms with Crippen molar-refractivity contribution < 1.29 is 23.5 Å². The van der Waals surface area contributed by atoms with Crippen molar-refractivity contribution in [1.29, 1.82) is 0 Å². The fraction of sp³-hybridized carbons (Fsp3) is 0.318. The zero-order valence-electron chi connectivity index (χ0n) is 16.9. The number of rotatable bonds is 9. The van der Waals surface area contributed by atoms with Crippen LogP contribution in [0.15, 0.2) is 42.7 Å². The number of thiophene rings is 1. The molecule has 30 heavy (non-hydrogen) atoms. The van der Waals surface area contributed by atoms with Crippen molar-refractivity contribution in [2.45, 2.75) is 26.5 Å². The second kappa shape index (κ2) is 10.3. The Morgan fingerprint density at radius 2 is 2.07 bits per heavy atom. The molecule has 0 saturated heterocycles. The maximum atomic E-state index is 14.5. The fourth-order valence-electron chi connectivity index (χ4n) is 3.19. The number of pyridine rings is 1. The number of esters is 1. The van der Waals surface area contributed by atoms with E-state index >= 15 is 0 Å². The van der Waals surface area contributed by atoms with Crippen LogP contribution in [0.3, 0.4) is 0 Å². The Hall–Kier alpha value is -2.84. The molecule has 158 valence electrons. The fourth-order valence-corrected chi connectivity index (χ4v) is 4.38. The number of fused-ring (bicyclic) bond motifs is 1. The van der Waals surface area contributed by atoms with Crippen LogP contribution >= 0.6 is 11.3 Å². The molecular weight excluding hydrogens is 407 g/mol. The van der Waals surface area contributed by atoms with Crippen LogP contribution in [0.2, 0.25) is 0 Å². The molecule has 2 heterocycles. The first-order valence-electron chi connectivity index (χ1n) is 9.57. The maximum Gasteiger partial charge on any atom is 0.307 e. The Morgan fingerprint density at radius 3 is 2.77 bits per heavy atom. The zero-order chi connectivity index (χ0) is 21.5. The van der Waals surface area contributed by atoms with Crippen molar-refractivity contribution in [2.24, 2.45) is 0 Å². The summed E-state index contributed by atoms with van der Waals surface area (Å²) in [7, 11) is 1.51. The number of hydrogen-bond donors (Lipinski definition) is 0. The number of nitrogens with zero attached hydrogens (tertiary/aromatic N) is 2. The van der Waals surface area contributed by atoms with E-state index < -0.39 is 0 Å². The highest BCUT2D eigenvalue weighted by Gasteiger charge is 2.25. The Bertz CT molecular complexity index is 1020. The van der Waals surface area contributed by atoms with Crippen LogP contribution in [0.1, 0.15) is 34.1 Å². The first kappa shape index (κ1) is 21.9. The van der Waals surface area contributed by atoms with Gasteiger partial charge in [-0.25, -0.2) is 4.39 Å². The third-order valence-electron chi connectivity index (χ3n) is 4.52. The maximum absolute atomic E-state index is 14.5. The van der Waals surface area contributed by atoms with Gasteiger partial charge in [-0.1, -0.05) is 12.1 Å². The van der Waals surface area contributed by atoms with Crippen LogP contribution < -0.4 is 0 Å². The lowest BCUT2D eigenvalue weighted by atomic mass is 10.1. The number of aromatic nitrogens is 1. The number of carbonyl (C=O) groups excluding carboxylic acids is 2. The molecule has 8 heteroatoms. The van der Waals surface area contributed by atoms with Crippen LogP contribution in [0, 0.1) is 5.82 Å². The van der Waals surface area contributed by atoms with E-state index in [0.717, 1.165) is 5.56 Å². The minimum Gasteiger partial charge on any atom is -0.466 e. The SMILES string of the molecule is CCOC(=O)CCN(Cc1cccnc1)C(=O)c1sc2cccc(F)c2c1COC. The molecule has 0 aliphatic rings. The lowest BCUT2D eigenvalue weighted by Crippen LogP contribution is -2.33. The summed E-state index contributed by atoms with van der Waals surface area (Å²) in [6.07, 6.45) is 3.39. The normalized spacial score (nSPS) is 10.9. The lowest BCUT2D eigenvalue weighted by molar-refractivity contribution is -0.143. The minimum absolute atomic E-state index is 0.0682. The Morgan fingerprint density at radius 1 is 1.23 bits per heavy atom. The number of amides is 1. The molecule has 0 bridgehead atoms. The first-order chi connectivity index (χ1) is 14.5. The molecule has 0 fully saturated rings. The van der Waals surface area contributed by atoms with Crippen LogP contribution in [0.25, 0.3) is 10.1 Å². The van der Waals surface area contributed by atoms with Crippen molar-refractivity contribution >= 4 is 33.3 Å². The van der Waals surface area contributed by atoms with E-state index in [4.69, 9.17) is 9.47 Å². The average molecular weight is 431 g/mol. The number of hydrogen-bond acceptors (Lipinski definition) is 6. The monoisotopic (exact) mass is 430 g/mol. The van der Waals surface area contributed by atoms with Crippen molar-refractivity contribution in [1.82, 2.24) is 9.88 Å². The number of ether oxygens (including phenoxy) is 2. The van der Waals surface area contributed by atoms with Gasteiger partial charge in [0.25, 0.3) is 5.91 Å². The molecule has 1 amide bonds. The Balaban J connectivity index is 1.96. The molecular formula is C22H23FN2O4S. The summed E-state index contributed by atoms with van der Waals surface area (Å²) in [6, 6.07) is 8.42. The highest BCUT2D eigenvalue weighted by Crippen LogP contribution is 2.34. The van der Waals surface area contributed by atoms with E-state index in [1.165, 1.54) is 24.5 Å². The minimum atomic E-state index is -0.389. The lowest BCUT2D eigenvalue weighted by Gasteiger charge is -2.22. The van der Waals surface area contributed by atoms with Crippen LogP contribution in [-0.4, -0.2) is 42.0 Å². The predicted octanol–water partition coefficient (Wildman–Crippen LogP) is 4.18. The molecule has 0 saturated carbocycles. The van der Waals surface area contributed by atoms with Gasteiger partial charge in [0.2, 0.25) is 0 Å². The van der Waals surface area contributed by atoms with Crippen molar-refractivity contribution in [3.8, 4) is 0 Å². The van der Waals surface area contributed by atoms with Gasteiger partial charge in [0.1, 0.15) is 5.82 Å². The van der Waals surface area contributed by atoms with Gasteiger partial charge >= 0.3 is 5.97 Å². The highest BCUT2D eigenvalue weighted by molar-refractivity contribution is 7.21. The van der Waals surface area contributed by atoms with Gasteiger partial charge in [-0.2, -0.15) is 0 Å². The molecule has 0 spiro atoms. The zero-order valence-corrected chi connectivity index (χ0v) is 17.7. The number of halogens is 1. The molecule has 0 unspecified atom stereocenters. The topological polar surface area (TPSA) is 68.7 Å². The third kappa shape index (κ3) is 5.01. The molecule has 3 rings (SSSR count). The van der Waals surface area contributed by atoms with Crippen molar-refractivity contribution in [3.05, 3.63) is 64.5 Å². The summed E-state index contributed by atoms with van der Waals surface area (Å²) in [5, 5.41) is 0.402. The van der Waals surface area contributed by atoms with Crippen LogP contribution in [-0.2, 0) is 27.4 Å². The van der Waals surface area contributed by atoms with Crippen LogP contribution in [0.5, 0.6) is 0 Å². The summed E-state index contributed by atoms with van der Waals surface area (Å²) in [4.78, 5) is 31.4. The highest BCUT2D eigenvalue weighted by atomic mass is 32.1. The van der Waals surface area contributed by atoms with Gasteiger partial charge < -0.3 is 14.4 Å². The summed E-state index contributed by atoms with van der Waals surface area (Å²) < 4.78 is 25.4. The van der Waals surface area contributed by atoms with Gasteiger partial charge in [-0.3, -0.25) is 14.6 Å². The van der Waals surface area contributed by atoms with E-state index in [9.17, 15) is 14.0 Å². The largest absolute Gasteiger partial charge is 0.466 e. The third-order valence-corrected chi connectivity index (χ3v) is 5.71. The Kier molecular flexibility index (Phi) is 7.48. The van der Waals surface area contributed by atoms with Gasteiger partial charge in [0.15, 0.2) is 0 Å². The van der Waals surface area contributed by atoms with E-state index in [0.29, 0.717) is 20.5 Å². The van der Waals surface area contributed by atoms with Crippen LogP contribution in [0.4, 0.5) is 4.39 Å². The first-order valence-corrected chi connectivity index (χ1v) is 10.4. The molecule has 0 aliphatic heterocycles. The predicted molar refractivity (Wildman–Crippen MR) is 113 cm³/mol. The summed E-state index contributed by atoms with van der Waals surface area (Å²) in [5.41, 5.74) is 1.35. The van der Waals surface area contributed by atoms with E-state index in [2.05, 4.69) is 4.98 Å². The molecule has 6 nitrogen and oxygen atoms in total. The van der Waals surface area contributed by atoms with E-state index in [1.807, 2.05) is 6.07 Å². The molecule has 3 aromatic rings. The number of benzene rings is 1. The second-order valence-electron chi connectivity index (χ2n) is 6.60. The standard InChI is InChI=1S/C22H23FN2O4S/c1-3-29-19(26)9-11-25(13-15-6-5-10-24-12-15)22(27)21-16(14-28-2)20-17(23)7-4-8-18(20)30-21/h4-8,10,12H,3,9,11,13-14H2,1-2H3. The van der Waals surface area contributed by atoms with Gasteiger partial charge in [0.05, 0.1) is 24.5 Å². The van der Waals surface area contributed by atoms with E-state index in [1.54, 1.807) is 42.4 Å². The van der Waals surface area contributed by atoms with Gasteiger partial charge in [-0.05, 0) is 30.7 Å². The smallest absolute Gasteiger partial charge is 0.307 e. The molecule has 1 aromatic carbocycles. The summed E-state index contributed by atoms with van der Waals surface area (Å²) in [5.74, 6) is -1.04. The molecule has 2 aromatic heterocycles. The number of carbonyl (C=O) groups is 2. The molecule has 0 N–H and O–H groups in total. The average Bonchev–Trinajstić information content (AvgIpc) is 3.11. The van der Waals surface area contributed by atoms with E-state index in [-0.39, 0.29) is 50.4 Å². The number of methoxy groups -OCH3 is 1. The summed E-state index contributed by atoms with van der Waals surface area (Å²) in [6.45, 7) is 2.58. The van der Waals surface area contributed by atoms with Gasteiger partial charge in [-0.15, -0.1) is 11.3 Å². The quantitative estimate of drug-likeness (QED) is 0.477. The Labute approximate surface area is 178 Å². The van der Waals surface area contributed by atoms with Gasteiger partial charge in [0, 0.05) is 48.2 Å².